The third kappa shape index (κ3) is 3.91. The molecule has 0 aliphatic carbocycles. The van der Waals surface area contributed by atoms with Gasteiger partial charge in [0.2, 0.25) is 5.91 Å². The van der Waals surface area contributed by atoms with Crippen molar-refractivity contribution in [2.75, 3.05) is 0 Å². The van der Waals surface area contributed by atoms with Crippen molar-refractivity contribution in [3.8, 4) is 0 Å². The number of nitrogens with zero attached hydrogens (tertiary/aromatic N) is 2. The summed E-state index contributed by atoms with van der Waals surface area (Å²) in [5.41, 5.74) is 0.876. The van der Waals surface area contributed by atoms with Gasteiger partial charge in [-0.05, 0) is 23.8 Å². The summed E-state index contributed by atoms with van der Waals surface area (Å²) in [7, 11) is 0. The number of rotatable bonds is 5. The van der Waals surface area contributed by atoms with Crippen LogP contribution in [-0.4, -0.2) is 15.7 Å². The number of carbonyl (C=O) groups excluding carboxylic acids is 1. The number of amides is 1. The van der Waals surface area contributed by atoms with E-state index in [1.807, 2.05) is 19.2 Å². The van der Waals surface area contributed by atoms with Crippen LogP contribution in [0.25, 0.3) is 0 Å². The topological polar surface area (TPSA) is 46.9 Å². The van der Waals surface area contributed by atoms with Crippen molar-refractivity contribution in [1.82, 2.24) is 15.1 Å². The molecule has 1 amide bonds. The average Bonchev–Trinajstić information content (AvgIpc) is 2.90. The Morgan fingerprint density at radius 1 is 1.42 bits per heavy atom. The van der Waals surface area contributed by atoms with Gasteiger partial charge in [-0.1, -0.05) is 19.1 Å². The first-order valence-corrected chi connectivity index (χ1v) is 6.15. The van der Waals surface area contributed by atoms with E-state index < -0.39 is 0 Å². The van der Waals surface area contributed by atoms with Crippen LogP contribution in [-0.2, 0) is 17.9 Å². The highest BCUT2D eigenvalue weighted by Gasteiger charge is 2.13. The maximum atomic E-state index is 12.7. The zero-order valence-electron chi connectivity index (χ0n) is 10.7. The third-order valence-electron chi connectivity index (χ3n) is 2.85. The lowest BCUT2D eigenvalue weighted by Gasteiger charge is -2.12. The zero-order valence-corrected chi connectivity index (χ0v) is 10.7. The quantitative estimate of drug-likeness (QED) is 0.894. The van der Waals surface area contributed by atoms with Crippen LogP contribution >= 0.6 is 0 Å². The summed E-state index contributed by atoms with van der Waals surface area (Å²) >= 11 is 0. The molecule has 2 aromatic rings. The van der Waals surface area contributed by atoms with E-state index in [2.05, 4.69) is 10.4 Å². The van der Waals surface area contributed by atoms with Gasteiger partial charge >= 0.3 is 0 Å². The van der Waals surface area contributed by atoms with Gasteiger partial charge in [0.25, 0.3) is 0 Å². The van der Waals surface area contributed by atoms with Crippen molar-refractivity contribution in [2.24, 2.45) is 5.92 Å². The van der Waals surface area contributed by atoms with Gasteiger partial charge in [0.05, 0.1) is 12.5 Å². The van der Waals surface area contributed by atoms with Gasteiger partial charge in [-0.2, -0.15) is 5.10 Å². The van der Waals surface area contributed by atoms with E-state index >= 15 is 0 Å². The summed E-state index contributed by atoms with van der Waals surface area (Å²) < 4.78 is 14.5. The monoisotopic (exact) mass is 261 g/mol. The molecule has 0 spiro atoms. The van der Waals surface area contributed by atoms with E-state index in [4.69, 9.17) is 0 Å². The molecular weight excluding hydrogens is 245 g/mol. The van der Waals surface area contributed by atoms with Crippen LogP contribution in [0.15, 0.2) is 42.7 Å². The molecule has 5 heteroatoms. The first kappa shape index (κ1) is 13.3. The molecule has 0 saturated heterocycles. The Bertz CT molecular complexity index is 522. The molecule has 1 atom stereocenters. The van der Waals surface area contributed by atoms with E-state index in [1.165, 1.54) is 12.1 Å². The van der Waals surface area contributed by atoms with Gasteiger partial charge in [-0.3, -0.25) is 9.48 Å². The first-order chi connectivity index (χ1) is 9.15. The summed E-state index contributed by atoms with van der Waals surface area (Å²) in [5.74, 6) is -0.484. The van der Waals surface area contributed by atoms with Gasteiger partial charge in [-0.25, -0.2) is 4.39 Å². The first-order valence-electron chi connectivity index (χ1n) is 6.15. The molecule has 1 aromatic heterocycles. The maximum absolute atomic E-state index is 12.7. The Labute approximate surface area is 111 Å². The van der Waals surface area contributed by atoms with E-state index in [9.17, 15) is 9.18 Å². The second-order valence-electron chi connectivity index (χ2n) is 4.47. The Balaban J connectivity index is 1.82. The lowest BCUT2D eigenvalue weighted by molar-refractivity contribution is -0.125. The summed E-state index contributed by atoms with van der Waals surface area (Å²) in [6.07, 6.45) is 3.51. The Hall–Kier alpha value is -2.17. The molecule has 0 saturated carbocycles. The zero-order chi connectivity index (χ0) is 13.7. The lowest BCUT2D eigenvalue weighted by Crippen LogP contribution is -2.31. The van der Waals surface area contributed by atoms with Crippen LogP contribution in [0.2, 0.25) is 0 Å². The molecule has 100 valence electrons. The number of aromatic nitrogens is 2. The Morgan fingerprint density at radius 3 is 2.79 bits per heavy atom. The average molecular weight is 261 g/mol. The summed E-state index contributed by atoms with van der Waals surface area (Å²) in [5, 5.41) is 6.89. The molecular formula is C14H16FN3O. The van der Waals surface area contributed by atoms with Crippen molar-refractivity contribution >= 4 is 5.91 Å². The molecule has 1 heterocycles. The standard InChI is InChI=1S/C14H16FN3O/c1-11(10-18-8-2-7-17-18)14(19)16-9-12-3-5-13(15)6-4-12/h2-8,11H,9-10H2,1H3,(H,16,19). The maximum Gasteiger partial charge on any atom is 0.224 e. The predicted molar refractivity (Wildman–Crippen MR) is 69.6 cm³/mol. The van der Waals surface area contributed by atoms with Crippen LogP contribution in [0.5, 0.6) is 0 Å². The van der Waals surface area contributed by atoms with Crippen molar-refractivity contribution in [3.63, 3.8) is 0 Å². The smallest absolute Gasteiger partial charge is 0.224 e. The highest BCUT2D eigenvalue weighted by Crippen LogP contribution is 2.04. The fraction of sp³-hybridized carbons (Fsp3) is 0.286. The van der Waals surface area contributed by atoms with Gasteiger partial charge in [0.15, 0.2) is 0 Å². The number of benzene rings is 1. The molecule has 1 unspecified atom stereocenters. The van der Waals surface area contributed by atoms with Crippen LogP contribution < -0.4 is 5.32 Å². The Morgan fingerprint density at radius 2 is 2.16 bits per heavy atom. The summed E-state index contributed by atoms with van der Waals surface area (Å²) in [6.45, 7) is 2.80. The number of nitrogens with one attached hydrogen (secondary N) is 1. The van der Waals surface area contributed by atoms with E-state index in [1.54, 1.807) is 23.0 Å². The minimum Gasteiger partial charge on any atom is -0.352 e. The number of hydrogen-bond acceptors (Lipinski definition) is 2. The number of halogens is 1. The fourth-order valence-corrected chi connectivity index (χ4v) is 1.74. The second kappa shape index (κ2) is 6.13. The highest BCUT2D eigenvalue weighted by atomic mass is 19.1. The number of carbonyl (C=O) groups is 1. The van der Waals surface area contributed by atoms with Gasteiger partial charge < -0.3 is 5.32 Å². The predicted octanol–water partition coefficient (Wildman–Crippen LogP) is 1.97. The SMILES string of the molecule is CC(Cn1cccn1)C(=O)NCc1ccc(F)cc1. The van der Waals surface area contributed by atoms with Crippen LogP contribution in [0.4, 0.5) is 4.39 Å². The van der Waals surface area contributed by atoms with Crippen LogP contribution in [0.1, 0.15) is 12.5 Å². The minimum atomic E-state index is -0.276. The molecule has 1 N–H and O–H groups in total. The fourth-order valence-electron chi connectivity index (χ4n) is 1.74. The molecule has 0 aliphatic heterocycles. The Kier molecular flexibility index (Phi) is 4.28. The molecule has 0 radical (unpaired) electrons. The van der Waals surface area contributed by atoms with Crippen molar-refractivity contribution in [3.05, 3.63) is 54.1 Å². The second-order valence-corrected chi connectivity index (χ2v) is 4.47. The molecule has 1 aromatic carbocycles. The summed E-state index contributed by atoms with van der Waals surface area (Å²) in [6, 6.07) is 7.91. The van der Waals surface area contributed by atoms with Gasteiger partial charge in [0, 0.05) is 18.9 Å². The largest absolute Gasteiger partial charge is 0.352 e. The van der Waals surface area contributed by atoms with E-state index in [0.29, 0.717) is 13.1 Å². The van der Waals surface area contributed by atoms with E-state index in [0.717, 1.165) is 5.56 Å². The summed E-state index contributed by atoms with van der Waals surface area (Å²) in [4.78, 5) is 11.9. The van der Waals surface area contributed by atoms with Crippen molar-refractivity contribution in [2.45, 2.75) is 20.0 Å². The van der Waals surface area contributed by atoms with Crippen molar-refractivity contribution < 1.29 is 9.18 Å². The minimum absolute atomic E-state index is 0.0418. The van der Waals surface area contributed by atoms with Gasteiger partial charge in [0.1, 0.15) is 5.82 Å². The molecule has 0 bridgehead atoms. The molecule has 0 aliphatic rings. The normalized spacial score (nSPS) is 12.1. The lowest BCUT2D eigenvalue weighted by atomic mass is 10.1. The highest BCUT2D eigenvalue weighted by molar-refractivity contribution is 5.78. The molecule has 19 heavy (non-hydrogen) atoms. The molecule has 2 rings (SSSR count). The van der Waals surface area contributed by atoms with Crippen LogP contribution in [0.3, 0.4) is 0 Å². The molecule has 4 nitrogen and oxygen atoms in total. The number of hydrogen-bond donors (Lipinski definition) is 1. The molecule has 0 fully saturated rings. The third-order valence-corrected chi connectivity index (χ3v) is 2.85. The van der Waals surface area contributed by atoms with Crippen LogP contribution in [0, 0.1) is 11.7 Å². The van der Waals surface area contributed by atoms with Gasteiger partial charge in [-0.15, -0.1) is 0 Å². The van der Waals surface area contributed by atoms with Crippen molar-refractivity contribution in [1.29, 1.82) is 0 Å². The van der Waals surface area contributed by atoms with E-state index in [-0.39, 0.29) is 17.6 Å².